The molecule has 6 heteroatoms. The lowest BCUT2D eigenvalue weighted by Crippen LogP contribution is -2.43. The molecule has 5 nitrogen and oxygen atoms in total. The first-order valence-corrected chi connectivity index (χ1v) is 3.97. The normalized spacial score (nSPS) is 22.1. The molecule has 0 fully saturated rings. The quantitative estimate of drug-likeness (QED) is 0.511. The minimum absolute atomic E-state index is 0.487. The first-order valence-electron chi connectivity index (χ1n) is 3.17. The fourth-order valence-electron chi connectivity index (χ4n) is 0.735. The molecule has 0 aromatic carbocycles. The van der Waals surface area contributed by atoms with Gasteiger partial charge in [0.15, 0.2) is 0 Å². The molecule has 0 spiro atoms. The molecule has 0 saturated heterocycles. The maximum Gasteiger partial charge on any atom is 0.352 e. The van der Waals surface area contributed by atoms with E-state index in [-0.39, 0.29) is 0 Å². The van der Waals surface area contributed by atoms with Crippen molar-refractivity contribution in [3.8, 4) is 0 Å². The van der Waals surface area contributed by atoms with E-state index in [0.29, 0.717) is 4.62 Å². The second-order valence-corrected chi connectivity index (χ2v) is 2.92. The van der Waals surface area contributed by atoms with Crippen LogP contribution < -0.4 is 5.84 Å². The molecule has 1 aliphatic heterocycles. The topological polar surface area (TPSA) is 67.9 Å². The van der Waals surface area contributed by atoms with Gasteiger partial charge in [-0.15, -0.1) is 0 Å². The van der Waals surface area contributed by atoms with E-state index in [1.807, 2.05) is 0 Å². The summed E-state index contributed by atoms with van der Waals surface area (Å²) in [6.07, 6.45) is 2.40. The maximum atomic E-state index is 11.0. The van der Waals surface area contributed by atoms with E-state index in [2.05, 4.69) is 25.7 Å². The molecule has 0 amide bonds. The molecule has 1 aliphatic rings. The van der Waals surface area contributed by atoms with E-state index < -0.39 is 12.1 Å². The number of ether oxygens (including phenoxy) is 1. The van der Waals surface area contributed by atoms with Crippen molar-refractivity contribution in [2.45, 2.75) is 6.17 Å². The summed E-state index contributed by atoms with van der Waals surface area (Å²) in [4.78, 5) is 14.9. The molecule has 2 N–H and O–H groups in total. The Morgan fingerprint density at radius 1 is 1.92 bits per heavy atom. The van der Waals surface area contributed by atoms with Gasteiger partial charge in [0.25, 0.3) is 0 Å². The third kappa shape index (κ3) is 1.83. The third-order valence-electron chi connectivity index (χ3n) is 1.32. The highest BCUT2D eigenvalue weighted by Gasteiger charge is 2.24. The maximum absolute atomic E-state index is 11.0. The summed E-state index contributed by atoms with van der Waals surface area (Å²) in [7, 11) is 1.29. The number of hydrogen-bond donors (Lipinski definition) is 1. The van der Waals surface area contributed by atoms with E-state index in [1.54, 1.807) is 12.3 Å². The number of carbonyl (C=O) groups is 1. The van der Waals surface area contributed by atoms with Crippen LogP contribution in [-0.4, -0.2) is 28.9 Å². The Kier molecular flexibility index (Phi) is 2.83. The van der Waals surface area contributed by atoms with E-state index in [1.165, 1.54) is 12.1 Å². The Labute approximate surface area is 78.0 Å². The molecule has 1 unspecified atom stereocenters. The third-order valence-corrected chi connectivity index (χ3v) is 1.79. The van der Waals surface area contributed by atoms with Gasteiger partial charge in [-0.25, -0.2) is 15.6 Å². The minimum Gasteiger partial charge on any atom is -0.466 e. The predicted molar refractivity (Wildman–Crippen MR) is 47.3 cm³/mol. The first kappa shape index (κ1) is 9.21. The molecular weight excluding hydrogens is 226 g/mol. The van der Waals surface area contributed by atoms with Crippen LogP contribution in [0.5, 0.6) is 0 Å². The number of methoxy groups -OCH3 is 1. The lowest BCUT2D eigenvalue weighted by molar-refractivity contribution is -0.145. The molecule has 0 saturated carbocycles. The molecule has 0 radical (unpaired) electrons. The summed E-state index contributed by atoms with van der Waals surface area (Å²) in [6.45, 7) is 0. The molecule has 1 atom stereocenters. The molecular formula is C6H8BrN3O2. The summed E-state index contributed by atoms with van der Waals surface area (Å²) in [5, 5.41) is 1.18. The fourth-order valence-corrected chi connectivity index (χ4v) is 1.05. The van der Waals surface area contributed by atoms with Gasteiger partial charge in [0.2, 0.25) is 6.17 Å². The molecule has 12 heavy (non-hydrogen) atoms. The Morgan fingerprint density at radius 3 is 3.17 bits per heavy atom. The van der Waals surface area contributed by atoms with Crippen LogP contribution in [0.25, 0.3) is 0 Å². The van der Waals surface area contributed by atoms with E-state index >= 15 is 0 Å². The van der Waals surface area contributed by atoms with Gasteiger partial charge in [0.1, 0.15) is 4.62 Å². The van der Waals surface area contributed by atoms with Crippen LogP contribution in [0.15, 0.2) is 17.3 Å². The summed E-state index contributed by atoms with van der Waals surface area (Å²) in [5.74, 6) is 4.95. The number of rotatable bonds is 1. The largest absolute Gasteiger partial charge is 0.466 e. The summed E-state index contributed by atoms with van der Waals surface area (Å²) < 4.78 is 5.06. The molecule has 0 bridgehead atoms. The highest BCUT2D eigenvalue weighted by molar-refractivity contribution is 9.18. The van der Waals surface area contributed by atoms with Crippen molar-refractivity contribution in [2.75, 3.05) is 7.11 Å². The van der Waals surface area contributed by atoms with Crippen molar-refractivity contribution in [3.05, 3.63) is 12.3 Å². The van der Waals surface area contributed by atoms with Crippen molar-refractivity contribution < 1.29 is 9.53 Å². The Bertz CT molecular complexity index is 251. The number of esters is 1. The number of carbonyl (C=O) groups excluding carboxylic acids is 1. The number of nitrogens with two attached hydrogens (primary N) is 1. The lowest BCUT2D eigenvalue weighted by Gasteiger charge is -2.22. The molecule has 0 aliphatic carbocycles. The van der Waals surface area contributed by atoms with Gasteiger partial charge in [-0.3, -0.25) is 5.01 Å². The SMILES string of the molecule is COC(=O)C1N=C(Br)C=CN1N. The molecule has 1 rings (SSSR count). The van der Waals surface area contributed by atoms with Crippen LogP contribution in [0.1, 0.15) is 0 Å². The van der Waals surface area contributed by atoms with Crippen LogP contribution in [0, 0.1) is 0 Å². The average Bonchev–Trinajstić information content (AvgIpc) is 2.08. The van der Waals surface area contributed by atoms with Gasteiger partial charge >= 0.3 is 5.97 Å². The number of hydrazine groups is 1. The second-order valence-electron chi connectivity index (χ2n) is 2.11. The smallest absolute Gasteiger partial charge is 0.352 e. The van der Waals surface area contributed by atoms with E-state index in [4.69, 9.17) is 5.84 Å². The van der Waals surface area contributed by atoms with E-state index in [9.17, 15) is 4.79 Å². The number of allylic oxidation sites excluding steroid dienone is 1. The molecule has 1 heterocycles. The number of nitrogens with zero attached hydrogens (tertiary/aromatic N) is 2. The van der Waals surface area contributed by atoms with Crippen LogP contribution in [0.2, 0.25) is 0 Å². The highest BCUT2D eigenvalue weighted by atomic mass is 79.9. The molecule has 0 aromatic rings. The Hall–Kier alpha value is -0.880. The van der Waals surface area contributed by atoms with Crippen LogP contribution in [0.3, 0.4) is 0 Å². The average molecular weight is 234 g/mol. The fraction of sp³-hybridized carbons (Fsp3) is 0.333. The van der Waals surface area contributed by atoms with Crippen LogP contribution >= 0.6 is 15.9 Å². The Morgan fingerprint density at radius 2 is 2.58 bits per heavy atom. The number of aliphatic imine (C=N–C) groups is 1. The Balaban J connectivity index is 2.77. The standard InChI is InChI=1S/C6H8BrN3O2/c1-12-6(11)5-9-4(7)2-3-10(5)8/h2-3,5H,8H2,1H3. The van der Waals surface area contributed by atoms with Crippen molar-refractivity contribution in [3.63, 3.8) is 0 Å². The zero-order valence-corrected chi connectivity index (χ0v) is 7.98. The van der Waals surface area contributed by atoms with Gasteiger partial charge in [0, 0.05) is 6.20 Å². The monoisotopic (exact) mass is 233 g/mol. The zero-order chi connectivity index (χ0) is 9.14. The van der Waals surface area contributed by atoms with Crippen LogP contribution in [0.4, 0.5) is 0 Å². The van der Waals surface area contributed by atoms with Crippen molar-refractivity contribution >= 4 is 26.5 Å². The lowest BCUT2D eigenvalue weighted by atomic mass is 10.4. The summed E-state index contributed by atoms with van der Waals surface area (Å²) >= 11 is 3.13. The van der Waals surface area contributed by atoms with Gasteiger partial charge in [-0.1, -0.05) is 0 Å². The predicted octanol–water partition coefficient (Wildman–Crippen LogP) is -0.0181. The molecule has 0 aromatic heterocycles. The van der Waals surface area contributed by atoms with Gasteiger partial charge in [-0.05, 0) is 22.0 Å². The summed E-state index contributed by atoms with van der Waals surface area (Å²) in [6, 6.07) is 0. The van der Waals surface area contributed by atoms with Gasteiger partial charge < -0.3 is 4.74 Å². The van der Waals surface area contributed by atoms with Crippen LogP contribution in [-0.2, 0) is 9.53 Å². The second kappa shape index (κ2) is 3.68. The van der Waals surface area contributed by atoms with Crippen molar-refractivity contribution in [2.24, 2.45) is 10.8 Å². The number of halogens is 1. The van der Waals surface area contributed by atoms with Crippen molar-refractivity contribution in [1.29, 1.82) is 0 Å². The van der Waals surface area contributed by atoms with Crippen molar-refractivity contribution in [1.82, 2.24) is 5.01 Å². The first-order chi connectivity index (χ1) is 5.65. The summed E-state index contributed by atoms with van der Waals surface area (Å²) in [5.41, 5.74) is 0. The highest BCUT2D eigenvalue weighted by Crippen LogP contribution is 2.08. The minimum atomic E-state index is -0.783. The van der Waals surface area contributed by atoms with Gasteiger partial charge in [-0.2, -0.15) is 0 Å². The zero-order valence-electron chi connectivity index (χ0n) is 6.40. The molecule has 66 valence electrons. The number of hydrogen-bond acceptors (Lipinski definition) is 5. The van der Waals surface area contributed by atoms with E-state index in [0.717, 1.165) is 0 Å². The van der Waals surface area contributed by atoms with Gasteiger partial charge in [0.05, 0.1) is 7.11 Å².